The van der Waals surface area contributed by atoms with E-state index in [2.05, 4.69) is 19.2 Å². The Labute approximate surface area is 159 Å². The molecule has 0 bridgehead atoms. The number of ether oxygens (including phenoxy) is 1. The second-order valence-corrected chi connectivity index (χ2v) is 8.99. The van der Waals surface area contributed by atoms with Crippen molar-refractivity contribution in [2.24, 2.45) is 10.6 Å². The Hall–Kier alpha value is -1.76. The first-order chi connectivity index (χ1) is 12.1. The molecule has 7 heteroatoms. The van der Waals surface area contributed by atoms with Crippen molar-refractivity contribution in [2.75, 3.05) is 19.0 Å². The van der Waals surface area contributed by atoms with Gasteiger partial charge in [-0.05, 0) is 47.2 Å². The third kappa shape index (κ3) is 3.68. The van der Waals surface area contributed by atoms with Crippen molar-refractivity contribution in [1.29, 1.82) is 0 Å². The normalized spacial score (nSPS) is 19.2. The average molecular weight is 394 g/mol. The maximum Gasteiger partial charge on any atom is 0.238 e. The average Bonchev–Trinajstić information content (AvgIpc) is 3.13. The van der Waals surface area contributed by atoms with Crippen LogP contribution in [0.15, 0.2) is 47.4 Å². The van der Waals surface area contributed by atoms with E-state index in [4.69, 9.17) is 21.5 Å². The molecule has 2 aromatic carbocycles. The summed E-state index contributed by atoms with van der Waals surface area (Å²) in [6.07, 6.45) is 0. The molecular weight excluding hydrogens is 372 g/mol. The Morgan fingerprint density at radius 2 is 1.85 bits per heavy atom. The summed E-state index contributed by atoms with van der Waals surface area (Å²) in [5, 5.41) is 9.20. The number of sulfonamides is 1. The zero-order valence-corrected chi connectivity index (χ0v) is 16.5. The maximum atomic E-state index is 11.4. The lowest BCUT2D eigenvalue weighted by Gasteiger charge is -2.12. The van der Waals surface area contributed by atoms with Gasteiger partial charge in [0, 0.05) is 17.5 Å². The zero-order valence-electron chi connectivity index (χ0n) is 14.9. The summed E-state index contributed by atoms with van der Waals surface area (Å²) < 4.78 is 28.2. The van der Waals surface area contributed by atoms with E-state index in [0.29, 0.717) is 11.6 Å². The molecule has 0 aromatic heterocycles. The highest BCUT2D eigenvalue weighted by molar-refractivity contribution is 7.89. The van der Waals surface area contributed by atoms with Gasteiger partial charge in [-0.15, -0.1) is 0 Å². The van der Waals surface area contributed by atoms with Gasteiger partial charge in [-0.3, -0.25) is 0 Å². The fourth-order valence-electron chi connectivity index (χ4n) is 3.44. The summed E-state index contributed by atoms with van der Waals surface area (Å²) in [5.74, 6) is 2.33. The number of primary sulfonamides is 1. The van der Waals surface area contributed by atoms with E-state index < -0.39 is 10.0 Å². The predicted octanol–water partition coefficient (Wildman–Crippen LogP) is 3.81. The third-order valence-corrected chi connectivity index (χ3v) is 6.15. The molecule has 0 heterocycles. The fourth-order valence-corrected chi connectivity index (χ4v) is 4.13. The van der Waals surface area contributed by atoms with Crippen LogP contribution in [0.5, 0.6) is 5.75 Å². The van der Waals surface area contributed by atoms with Crippen molar-refractivity contribution in [3.8, 4) is 5.75 Å². The van der Waals surface area contributed by atoms with Crippen LogP contribution in [0.1, 0.15) is 25.3 Å². The fraction of sp³-hybridized carbons (Fsp3) is 0.316. The predicted molar refractivity (Wildman–Crippen MR) is 104 cm³/mol. The van der Waals surface area contributed by atoms with Gasteiger partial charge in [-0.1, -0.05) is 37.6 Å². The number of rotatable bonds is 6. The van der Waals surface area contributed by atoms with Crippen LogP contribution in [-0.4, -0.2) is 22.1 Å². The number of anilines is 1. The Morgan fingerprint density at radius 1 is 1.19 bits per heavy atom. The highest BCUT2D eigenvalue weighted by Gasteiger charge is 2.58. The molecule has 1 aliphatic carbocycles. The molecule has 1 atom stereocenters. The zero-order chi connectivity index (χ0) is 19.1. The van der Waals surface area contributed by atoms with Crippen molar-refractivity contribution in [1.82, 2.24) is 0 Å². The van der Waals surface area contributed by atoms with Crippen LogP contribution in [0, 0.1) is 11.3 Å². The molecule has 0 aliphatic heterocycles. The Balaban J connectivity index is 1.73. The molecule has 3 rings (SSSR count). The highest BCUT2D eigenvalue weighted by atomic mass is 35.5. The van der Waals surface area contributed by atoms with Gasteiger partial charge in [0.2, 0.25) is 10.0 Å². The molecule has 1 radical (unpaired) electrons. The topological polar surface area (TPSA) is 81.4 Å². The van der Waals surface area contributed by atoms with Crippen LogP contribution in [-0.2, 0) is 10.0 Å². The molecule has 0 unspecified atom stereocenters. The van der Waals surface area contributed by atoms with Crippen LogP contribution in [0.4, 0.5) is 5.69 Å². The molecule has 0 amide bonds. The summed E-state index contributed by atoms with van der Waals surface area (Å²) >= 11 is 6.08. The molecule has 0 saturated heterocycles. The quantitative estimate of drug-likeness (QED) is 0.781. The van der Waals surface area contributed by atoms with Gasteiger partial charge >= 0.3 is 0 Å². The van der Waals surface area contributed by atoms with Gasteiger partial charge in [0.05, 0.1) is 17.7 Å². The first-order valence-electron chi connectivity index (χ1n) is 8.21. The van der Waals surface area contributed by atoms with Crippen LogP contribution in [0.3, 0.4) is 0 Å². The van der Waals surface area contributed by atoms with Gasteiger partial charge in [0.25, 0.3) is 0 Å². The molecule has 1 aliphatic rings. The molecule has 1 fully saturated rings. The number of methoxy groups -OCH3 is 1. The lowest BCUT2D eigenvalue weighted by molar-refractivity contribution is 0.416. The van der Waals surface area contributed by atoms with Crippen LogP contribution < -0.4 is 15.2 Å². The van der Waals surface area contributed by atoms with E-state index in [1.165, 1.54) is 5.92 Å². The second kappa shape index (κ2) is 6.76. The monoisotopic (exact) mass is 393 g/mol. The van der Waals surface area contributed by atoms with Crippen molar-refractivity contribution < 1.29 is 13.2 Å². The first-order valence-corrected chi connectivity index (χ1v) is 10.1. The largest absolute Gasteiger partial charge is 0.495 e. The van der Waals surface area contributed by atoms with Crippen LogP contribution in [0.2, 0.25) is 5.02 Å². The van der Waals surface area contributed by atoms with Crippen molar-refractivity contribution in [3.63, 3.8) is 0 Å². The van der Waals surface area contributed by atoms with Gasteiger partial charge in [-0.2, -0.15) is 0 Å². The molecule has 1 saturated carbocycles. The number of benzene rings is 2. The minimum atomic E-state index is -3.67. The summed E-state index contributed by atoms with van der Waals surface area (Å²) in [6.45, 7) is 5.04. The van der Waals surface area contributed by atoms with Crippen molar-refractivity contribution in [2.45, 2.75) is 24.7 Å². The maximum absolute atomic E-state index is 11.4. The first kappa shape index (κ1) is 19.0. The van der Waals surface area contributed by atoms with Crippen LogP contribution >= 0.6 is 11.6 Å². The number of nitrogens with one attached hydrogen (secondary N) is 1. The van der Waals surface area contributed by atoms with E-state index in [-0.39, 0.29) is 16.2 Å². The van der Waals surface area contributed by atoms with Crippen LogP contribution in [0.25, 0.3) is 0 Å². The number of hydrogen-bond donors (Lipinski definition) is 2. The summed E-state index contributed by atoms with van der Waals surface area (Å²) in [7, 11) is -2.05. The Kier molecular flexibility index (Phi) is 4.94. The Morgan fingerprint density at radius 3 is 2.42 bits per heavy atom. The summed E-state index contributed by atoms with van der Waals surface area (Å²) in [5.41, 5.74) is 1.96. The Bertz CT molecular complexity index is 911. The van der Waals surface area contributed by atoms with Gasteiger partial charge in [-0.25, -0.2) is 13.6 Å². The molecule has 3 N–H and O–H groups in total. The highest BCUT2D eigenvalue weighted by Crippen LogP contribution is 2.66. The third-order valence-electron chi connectivity index (χ3n) is 4.99. The summed E-state index contributed by atoms with van der Waals surface area (Å²) in [6, 6.07) is 12.2. The molecule has 5 nitrogen and oxygen atoms in total. The van der Waals surface area contributed by atoms with Crippen molar-refractivity contribution >= 4 is 27.3 Å². The van der Waals surface area contributed by atoms with E-state index in [9.17, 15) is 8.42 Å². The molecular formula is C19H22ClN2O3S. The summed E-state index contributed by atoms with van der Waals surface area (Å²) in [4.78, 5) is 0.128. The van der Waals surface area contributed by atoms with Gasteiger partial charge in [0.1, 0.15) is 5.75 Å². The van der Waals surface area contributed by atoms with Crippen molar-refractivity contribution in [3.05, 3.63) is 59.0 Å². The second-order valence-electron chi connectivity index (χ2n) is 6.99. The molecule has 26 heavy (non-hydrogen) atoms. The van der Waals surface area contributed by atoms with E-state index in [0.717, 1.165) is 17.0 Å². The number of halogens is 1. The SMILES string of the molecule is COc1ccc(Cl)cc1NC[C]1[C@@H](c2ccc(S(N)(=O)=O)cc2)C1(C)C. The molecule has 0 spiro atoms. The van der Waals surface area contributed by atoms with E-state index >= 15 is 0 Å². The number of hydrogen-bond acceptors (Lipinski definition) is 4. The van der Waals surface area contributed by atoms with Gasteiger partial charge in [0.15, 0.2) is 0 Å². The minimum absolute atomic E-state index is 0.0297. The van der Waals surface area contributed by atoms with E-state index in [1.54, 1.807) is 25.3 Å². The van der Waals surface area contributed by atoms with E-state index in [1.807, 2.05) is 24.3 Å². The lowest BCUT2D eigenvalue weighted by atomic mass is 10.0. The minimum Gasteiger partial charge on any atom is -0.495 e. The van der Waals surface area contributed by atoms with Gasteiger partial charge < -0.3 is 10.1 Å². The standard InChI is InChI=1S/C19H22ClN2O3S/c1-19(2)15(11-22-16-10-13(20)6-9-17(16)25-3)18(19)12-4-7-14(8-5-12)26(21,23)24/h4-10,18,22H,11H2,1-3H3,(H2,21,23,24)/t18-/m1/s1. The smallest absolute Gasteiger partial charge is 0.238 e. The molecule has 139 valence electrons. The number of nitrogens with two attached hydrogens (primary N) is 1. The molecule has 2 aromatic rings. The lowest BCUT2D eigenvalue weighted by Crippen LogP contribution is -2.11.